The number of rotatable bonds is 0. The van der Waals surface area contributed by atoms with E-state index in [1.165, 1.54) is 12.1 Å². The number of fused-ring (bicyclic) bond motifs is 1. The summed E-state index contributed by atoms with van der Waals surface area (Å²) >= 11 is 3.17. The molecule has 1 amide bonds. The van der Waals surface area contributed by atoms with Gasteiger partial charge in [0.25, 0.3) is 0 Å². The molecule has 0 bridgehead atoms. The average molecular weight is 350 g/mol. The van der Waals surface area contributed by atoms with Crippen molar-refractivity contribution in [3.05, 3.63) is 22.7 Å². The Morgan fingerprint density at radius 2 is 2.10 bits per heavy atom. The number of carbonyl (C=O) groups is 1. The third-order valence-corrected chi connectivity index (χ3v) is 2.92. The van der Waals surface area contributed by atoms with Crippen LogP contribution in [0.4, 0.5) is 19.3 Å². The summed E-state index contributed by atoms with van der Waals surface area (Å²) in [4.78, 5) is 12.9. The summed E-state index contributed by atoms with van der Waals surface area (Å²) in [5.41, 5.74) is -0.506. The van der Waals surface area contributed by atoms with E-state index >= 15 is 0 Å². The molecule has 0 radical (unpaired) electrons. The molecule has 0 fully saturated rings. The second kappa shape index (κ2) is 4.87. The number of carbonyl (C=O) groups excluding carboxylic acids is 1. The van der Waals surface area contributed by atoms with Crippen molar-refractivity contribution in [2.24, 2.45) is 0 Å². The van der Waals surface area contributed by atoms with Crippen LogP contribution in [0.25, 0.3) is 0 Å². The molecule has 1 aromatic rings. The molecule has 0 saturated carbocycles. The minimum Gasteiger partial charge on any atom is -0.443 e. The molecular weight excluding hydrogens is 336 g/mol. The van der Waals surface area contributed by atoms with Gasteiger partial charge in [-0.05, 0) is 39.0 Å². The molecule has 7 heteroatoms. The van der Waals surface area contributed by atoms with E-state index < -0.39 is 24.3 Å². The Kier molecular flexibility index (Phi) is 3.66. The van der Waals surface area contributed by atoms with Crippen LogP contribution >= 0.6 is 15.9 Å². The molecule has 20 heavy (non-hydrogen) atoms. The first-order chi connectivity index (χ1) is 9.07. The Morgan fingerprint density at radius 3 is 2.70 bits per heavy atom. The van der Waals surface area contributed by atoms with Crippen molar-refractivity contribution >= 4 is 27.7 Å². The van der Waals surface area contributed by atoms with E-state index in [1.54, 1.807) is 26.8 Å². The summed E-state index contributed by atoms with van der Waals surface area (Å²) in [5, 5.41) is 0. The molecule has 0 aliphatic carbocycles. The fourth-order valence-electron chi connectivity index (χ4n) is 1.74. The van der Waals surface area contributed by atoms with Crippen LogP contribution < -0.4 is 9.64 Å². The average Bonchev–Trinajstić information content (AvgIpc) is 2.23. The molecule has 0 unspecified atom stereocenters. The number of amides is 1. The number of anilines is 1. The van der Waals surface area contributed by atoms with Crippen molar-refractivity contribution in [1.29, 1.82) is 0 Å². The topological polar surface area (TPSA) is 38.8 Å². The highest BCUT2D eigenvalue weighted by molar-refractivity contribution is 9.10. The maximum Gasteiger partial charge on any atom is 0.416 e. The lowest BCUT2D eigenvalue weighted by atomic mass is 10.2. The number of halogens is 3. The highest BCUT2D eigenvalue weighted by atomic mass is 79.9. The van der Waals surface area contributed by atoms with Gasteiger partial charge in [0.05, 0.1) is 5.69 Å². The van der Waals surface area contributed by atoms with Crippen LogP contribution in [0.1, 0.15) is 20.8 Å². The van der Waals surface area contributed by atoms with Crippen molar-refractivity contribution < 1.29 is 23.0 Å². The quantitative estimate of drug-likeness (QED) is 0.705. The number of hydrogen-bond donors (Lipinski definition) is 0. The summed E-state index contributed by atoms with van der Waals surface area (Å²) in [7, 11) is 0. The fourth-order valence-corrected chi connectivity index (χ4v) is 2.08. The standard InChI is InChI=1S/C13H14BrF2NO3/c1-12(2,3)20-11(18)17-7-13(15,16)19-10-6-8(14)4-5-9(10)17/h4-6H,7H2,1-3H3. The molecule has 0 saturated heterocycles. The summed E-state index contributed by atoms with van der Waals surface area (Å²) in [6, 6.07) is 4.56. The second-order valence-corrected chi connectivity index (χ2v) is 6.33. The van der Waals surface area contributed by atoms with Crippen molar-refractivity contribution in [3.8, 4) is 5.75 Å². The van der Waals surface area contributed by atoms with Gasteiger partial charge in [0, 0.05) is 4.47 Å². The van der Waals surface area contributed by atoms with Crippen LogP contribution in [0.2, 0.25) is 0 Å². The van der Waals surface area contributed by atoms with Crippen LogP contribution in [0.15, 0.2) is 22.7 Å². The van der Waals surface area contributed by atoms with E-state index in [4.69, 9.17) is 4.74 Å². The molecule has 1 aliphatic rings. The number of benzene rings is 1. The molecule has 1 aromatic carbocycles. The Morgan fingerprint density at radius 1 is 1.45 bits per heavy atom. The minimum atomic E-state index is -3.45. The first-order valence-electron chi connectivity index (χ1n) is 5.94. The molecule has 4 nitrogen and oxygen atoms in total. The zero-order chi connectivity index (χ0) is 15.1. The van der Waals surface area contributed by atoms with Crippen LogP contribution in [0, 0.1) is 0 Å². The first kappa shape index (κ1) is 15.0. The van der Waals surface area contributed by atoms with Crippen LogP contribution in [-0.4, -0.2) is 24.3 Å². The fraction of sp³-hybridized carbons (Fsp3) is 0.462. The molecule has 0 spiro atoms. The minimum absolute atomic E-state index is 0.0681. The summed E-state index contributed by atoms with van der Waals surface area (Å²) in [6.07, 6.45) is -4.28. The molecular formula is C13H14BrF2NO3. The Bertz CT molecular complexity index is 543. The molecule has 2 rings (SSSR count). The van der Waals surface area contributed by atoms with Gasteiger partial charge in [-0.3, -0.25) is 4.90 Å². The third-order valence-electron chi connectivity index (χ3n) is 2.43. The summed E-state index contributed by atoms with van der Waals surface area (Å²) in [6.45, 7) is 4.14. The van der Waals surface area contributed by atoms with Gasteiger partial charge in [0.2, 0.25) is 0 Å². The molecule has 0 aromatic heterocycles. The lowest BCUT2D eigenvalue weighted by Gasteiger charge is -2.35. The van der Waals surface area contributed by atoms with Gasteiger partial charge in [-0.1, -0.05) is 15.9 Å². The zero-order valence-corrected chi connectivity index (χ0v) is 12.8. The van der Waals surface area contributed by atoms with Gasteiger partial charge < -0.3 is 9.47 Å². The van der Waals surface area contributed by atoms with Crippen molar-refractivity contribution in [2.75, 3.05) is 11.4 Å². The monoisotopic (exact) mass is 349 g/mol. The van der Waals surface area contributed by atoms with Gasteiger partial charge in [-0.15, -0.1) is 0 Å². The SMILES string of the molecule is CC(C)(C)OC(=O)N1CC(F)(F)Oc2cc(Br)ccc21. The molecule has 1 heterocycles. The number of hydrogen-bond acceptors (Lipinski definition) is 3. The van der Waals surface area contributed by atoms with Crippen molar-refractivity contribution in [2.45, 2.75) is 32.5 Å². The number of ether oxygens (including phenoxy) is 2. The first-order valence-corrected chi connectivity index (χ1v) is 6.74. The lowest BCUT2D eigenvalue weighted by molar-refractivity contribution is -0.171. The van der Waals surface area contributed by atoms with E-state index in [1.807, 2.05) is 0 Å². The molecule has 0 N–H and O–H groups in total. The van der Waals surface area contributed by atoms with Gasteiger partial charge in [-0.25, -0.2) is 4.79 Å². The van der Waals surface area contributed by atoms with Gasteiger partial charge in [0.1, 0.15) is 12.1 Å². The van der Waals surface area contributed by atoms with E-state index in [9.17, 15) is 13.6 Å². The molecule has 110 valence electrons. The van der Waals surface area contributed by atoms with Gasteiger partial charge in [0.15, 0.2) is 5.75 Å². The normalized spacial score (nSPS) is 17.2. The highest BCUT2D eigenvalue weighted by Crippen LogP contribution is 2.40. The third kappa shape index (κ3) is 3.39. The van der Waals surface area contributed by atoms with E-state index in [-0.39, 0.29) is 11.4 Å². The maximum atomic E-state index is 13.6. The van der Waals surface area contributed by atoms with Crippen LogP contribution in [0.5, 0.6) is 5.75 Å². The smallest absolute Gasteiger partial charge is 0.416 e. The Balaban J connectivity index is 2.37. The van der Waals surface area contributed by atoms with Crippen molar-refractivity contribution in [1.82, 2.24) is 0 Å². The number of alkyl halides is 2. The van der Waals surface area contributed by atoms with Gasteiger partial charge in [-0.2, -0.15) is 8.78 Å². The van der Waals surface area contributed by atoms with E-state index in [2.05, 4.69) is 20.7 Å². The molecule has 1 aliphatic heterocycles. The predicted octanol–water partition coefficient (Wildman–Crippen LogP) is 4.18. The molecule has 0 atom stereocenters. The van der Waals surface area contributed by atoms with E-state index in [0.717, 1.165) is 4.90 Å². The van der Waals surface area contributed by atoms with Crippen LogP contribution in [-0.2, 0) is 4.74 Å². The lowest BCUT2D eigenvalue weighted by Crippen LogP contribution is -2.49. The second-order valence-electron chi connectivity index (χ2n) is 5.42. The Hall–Kier alpha value is -1.37. The summed E-state index contributed by atoms with van der Waals surface area (Å²) in [5.74, 6) is -0.0681. The predicted molar refractivity (Wildman–Crippen MR) is 73.3 cm³/mol. The van der Waals surface area contributed by atoms with Crippen molar-refractivity contribution in [3.63, 3.8) is 0 Å². The van der Waals surface area contributed by atoms with E-state index in [0.29, 0.717) is 4.47 Å². The zero-order valence-electron chi connectivity index (χ0n) is 11.2. The largest absolute Gasteiger partial charge is 0.443 e. The Labute approximate surface area is 123 Å². The summed E-state index contributed by atoms with van der Waals surface area (Å²) < 4.78 is 37.5. The van der Waals surface area contributed by atoms with Crippen LogP contribution in [0.3, 0.4) is 0 Å². The highest BCUT2D eigenvalue weighted by Gasteiger charge is 2.44. The van der Waals surface area contributed by atoms with Gasteiger partial charge >= 0.3 is 12.2 Å². The maximum absolute atomic E-state index is 13.6. The number of nitrogens with zero attached hydrogens (tertiary/aromatic N) is 1.